The molecule has 1 aromatic carbocycles. The second-order valence-corrected chi connectivity index (χ2v) is 7.07. The van der Waals surface area contributed by atoms with Crippen molar-refractivity contribution in [3.05, 3.63) is 48.3 Å². The van der Waals surface area contributed by atoms with E-state index in [-0.39, 0.29) is 11.8 Å². The number of aromatic nitrogens is 2. The van der Waals surface area contributed by atoms with Gasteiger partial charge in [-0.1, -0.05) is 6.07 Å². The lowest BCUT2D eigenvalue weighted by Crippen LogP contribution is -3.15. The predicted molar refractivity (Wildman–Crippen MR) is 112 cm³/mol. The number of hydrogen-bond acceptors (Lipinski definition) is 5. The number of carbonyl (C=O) groups is 2. The maximum atomic E-state index is 12.5. The fourth-order valence-corrected chi connectivity index (χ4v) is 3.51. The zero-order valence-electron chi connectivity index (χ0n) is 17.1. The normalized spacial score (nSPS) is 14.5. The Morgan fingerprint density at radius 1 is 1.10 bits per heavy atom. The number of rotatable bonds is 7. The summed E-state index contributed by atoms with van der Waals surface area (Å²) < 4.78 is 0. The fraction of sp³-hybridized carbons (Fsp3) is 0.429. The van der Waals surface area contributed by atoms with Crippen LogP contribution in [0.15, 0.2) is 42.7 Å². The molecule has 8 heteroatoms. The SMILES string of the molecule is CCN(CC)C(=O)c1cccc(NC(=O)C[NH+]2CCN(c3ncccn3)CC2)c1. The summed E-state index contributed by atoms with van der Waals surface area (Å²) in [5, 5.41) is 2.93. The lowest BCUT2D eigenvalue weighted by Gasteiger charge is -2.31. The summed E-state index contributed by atoms with van der Waals surface area (Å²) in [5.74, 6) is 0.679. The topological polar surface area (TPSA) is 82.9 Å². The van der Waals surface area contributed by atoms with Gasteiger partial charge in [0, 0.05) is 36.7 Å². The van der Waals surface area contributed by atoms with Gasteiger partial charge in [0.25, 0.3) is 11.8 Å². The lowest BCUT2D eigenvalue weighted by molar-refractivity contribution is -0.892. The van der Waals surface area contributed by atoms with Crippen LogP contribution >= 0.6 is 0 Å². The minimum absolute atomic E-state index is 0.0176. The molecule has 2 heterocycles. The van der Waals surface area contributed by atoms with Gasteiger partial charge < -0.3 is 20.0 Å². The molecule has 1 aliphatic heterocycles. The number of hydrogen-bond donors (Lipinski definition) is 2. The van der Waals surface area contributed by atoms with E-state index >= 15 is 0 Å². The number of quaternary nitrogens is 1. The van der Waals surface area contributed by atoms with Gasteiger partial charge in [-0.3, -0.25) is 9.59 Å². The minimum Gasteiger partial charge on any atom is -0.339 e. The molecule has 1 saturated heterocycles. The highest BCUT2D eigenvalue weighted by atomic mass is 16.2. The lowest BCUT2D eigenvalue weighted by atomic mass is 10.1. The van der Waals surface area contributed by atoms with Gasteiger partial charge in [-0.2, -0.15) is 0 Å². The molecule has 0 spiro atoms. The molecule has 0 unspecified atom stereocenters. The highest BCUT2D eigenvalue weighted by molar-refractivity contribution is 5.97. The Balaban J connectivity index is 1.51. The van der Waals surface area contributed by atoms with E-state index in [1.807, 2.05) is 19.9 Å². The average molecular weight is 398 g/mol. The van der Waals surface area contributed by atoms with Gasteiger partial charge in [-0.25, -0.2) is 9.97 Å². The van der Waals surface area contributed by atoms with E-state index < -0.39 is 0 Å². The molecule has 2 amide bonds. The van der Waals surface area contributed by atoms with E-state index in [2.05, 4.69) is 20.2 Å². The first kappa shape index (κ1) is 20.7. The van der Waals surface area contributed by atoms with Gasteiger partial charge in [-0.15, -0.1) is 0 Å². The first-order chi connectivity index (χ1) is 14.1. The van der Waals surface area contributed by atoms with E-state index in [1.165, 1.54) is 4.90 Å². The van der Waals surface area contributed by atoms with E-state index in [0.717, 1.165) is 32.1 Å². The van der Waals surface area contributed by atoms with E-state index in [1.54, 1.807) is 41.6 Å². The molecule has 2 N–H and O–H groups in total. The third kappa shape index (κ3) is 5.51. The molecular formula is C21H29N6O2+. The summed E-state index contributed by atoms with van der Waals surface area (Å²) in [6, 6.07) is 8.96. The Morgan fingerprint density at radius 2 is 1.79 bits per heavy atom. The molecular weight excluding hydrogens is 368 g/mol. The monoisotopic (exact) mass is 397 g/mol. The minimum atomic E-state index is -0.0446. The number of amides is 2. The van der Waals surface area contributed by atoms with Crippen molar-refractivity contribution in [2.45, 2.75) is 13.8 Å². The Hall–Kier alpha value is -3.00. The zero-order valence-corrected chi connectivity index (χ0v) is 17.1. The molecule has 1 aromatic heterocycles. The third-order valence-corrected chi connectivity index (χ3v) is 5.16. The molecule has 0 atom stereocenters. The largest absolute Gasteiger partial charge is 0.339 e. The highest BCUT2D eigenvalue weighted by Crippen LogP contribution is 2.13. The molecule has 3 rings (SSSR count). The van der Waals surface area contributed by atoms with E-state index in [9.17, 15) is 9.59 Å². The van der Waals surface area contributed by atoms with Crippen LogP contribution in [0.2, 0.25) is 0 Å². The molecule has 154 valence electrons. The molecule has 29 heavy (non-hydrogen) atoms. The molecule has 2 aromatic rings. The summed E-state index contributed by atoms with van der Waals surface area (Å²) in [6.07, 6.45) is 3.49. The molecule has 0 saturated carbocycles. The van der Waals surface area contributed by atoms with Crippen molar-refractivity contribution in [3.8, 4) is 0 Å². The maximum Gasteiger partial charge on any atom is 0.279 e. The number of carbonyl (C=O) groups excluding carboxylic acids is 2. The summed E-state index contributed by atoms with van der Waals surface area (Å²) in [6.45, 7) is 8.99. The van der Waals surface area contributed by atoms with Crippen molar-refractivity contribution in [3.63, 3.8) is 0 Å². The second kappa shape index (κ2) is 9.97. The van der Waals surface area contributed by atoms with Crippen molar-refractivity contribution >= 4 is 23.5 Å². The van der Waals surface area contributed by atoms with Crippen molar-refractivity contribution in [2.75, 3.05) is 56.0 Å². The van der Waals surface area contributed by atoms with Crippen LogP contribution in [0.4, 0.5) is 11.6 Å². The average Bonchev–Trinajstić information content (AvgIpc) is 2.76. The molecule has 0 bridgehead atoms. The van der Waals surface area contributed by atoms with Gasteiger partial charge >= 0.3 is 0 Å². The smallest absolute Gasteiger partial charge is 0.279 e. The molecule has 0 radical (unpaired) electrons. The summed E-state index contributed by atoms with van der Waals surface area (Å²) in [7, 11) is 0. The standard InChI is InChI=1S/C21H28N6O2/c1-3-26(4-2)20(29)17-7-5-8-18(15-17)24-19(28)16-25-11-13-27(14-12-25)21-22-9-6-10-23-21/h5-10,15H,3-4,11-14,16H2,1-2H3,(H,24,28)/p+1. The summed E-state index contributed by atoms with van der Waals surface area (Å²) >= 11 is 0. The van der Waals surface area contributed by atoms with Crippen molar-refractivity contribution in [1.29, 1.82) is 0 Å². The molecule has 1 fully saturated rings. The van der Waals surface area contributed by atoms with Crippen LogP contribution in [-0.4, -0.2) is 72.5 Å². The zero-order chi connectivity index (χ0) is 20.6. The second-order valence-electron chi connectivity index (χ2n) is 7.07. The van der Waals surface area contributed by atoms with Gasteiger partial charge in [0.15, 0.2) is 6.54 Å². The number of nitrogens with one attached hydrogen (secondary N) is 2. The number of piperazine rings is 1. The van der Waals surface area contributed by atoms with Crippen LogP contribution in [0.5, 0.6) is 0 Å². The number of nitrogens with zero attached hydrogens (tertiary/aromatic N) is 4. The maximum absolute atomic E-state index is 12.5. The Morgan fingerprint density at radius 3 is 2.45 bits per heavy atom. The van der Waals surface area contributed by atoms with E-state index in [0.29, 0.717) is 30.9 Å². The summed E-state index contributed by atoms with van der Waals surface area (Å²) in [5.41, 5.74) is 1.25. The Kier molecular flexibility index (Phi) is 7.13. The van der Waals surface area contributed by atoms with Gasteiger partial charge in [-0.05, 0) is 38.1 Å². The Bertz CT molecular complexity index is 817. The van der Waals surface area contributed by atoms with Crippen molar-refractivity contribution in [2.24, 2.45) is 0 Å². The van der Waals surface area contributed by atoms with E-state index in [4.69, 9.17) is 0 Å². The molecule has 8 nitrogen and oxygen atoms in total. The van der Waals surface area contributed by atoms with Crippen LogP contribution in [0, 0.1) is 0 Å². The number of benzene rings is 1. The Labute approximate surface area is 171 Å². The fourth-order valence-electron chi connectivity index (χ4n) is 3.51. The highest BCUT2D eigenvalue weighted by Gasteiger charge is 2.23. The van der Waals surface area contributed by atoms with Crippen LogP contribution in [0.3, 0.4) is 0 Å². The van der Waals surface area contributed by atoms with Crippen LogP contribution in [-0.2, 0) is 4.79 Å². The van der Waals surface area contributed by atoms with Crippen LogP contribution in [0.25, 0.3) is 0 Å². The quantitative estimate of drug-likeness (QED) is 0.702. The summed E-state index contributed by atoms with van der Waals surface area (Å²) in [4.78, 5) is 38.7. The first-order valence-electron chi connectivity index (χ1n) is 10.2. The van der Waals surface area contributed by atoms with Gasteiger partial charge in [0.1, 0.15) is 0 Å². The van der Waals surface area contributed by atoms with Crippen molar-refractivity contribution in [1.82, 2.24) is 14.9 Å². The van der Waals surface area contributed by atoms with Crippen LogP contribution in [0.1, 0.15) is 24.2 Å². The molecule has 1 aliphatic rings. The van der Waals surface area contributed by atoms with Gasteiger partial charge in [0.05, 0.1) is 26.2 Å². The van der Waals surface area contributed by atoms with Crippen LogP contribution < -0.4 is 15.1 Å². The third-order valence-electron chi connectivity index (χ3n) is 5.16. The van der Waals surface area contributed by atoms with Crippen molar-refractivity contribution < 1.29 is 14.5 Å². The number of anilines is 2. The molecule has 0 aliphatic carbocycles. The van der Waals surface area contributed by atoms with Gasteiger partial charge in [0.2, 0.25) is 5.95 Å². The first-order valence-corrected chi connectivity index (χ1v) is 10.2. The predicted octanol–water partition coefficient (Wildman–Crippen LogP) is 0.302.